The summed E-state index contributed by atoms with van der Waals surface area (Å²) in [5.41, 5.74) is 6.06. The summed E-state index contributed by atoms with van der Waals surface area (Å²) in [6, 6.07) is 4.71. The number of likely N-dealkylation sites (N-methyl/N-ethyl adjacent to an activating group) is 1. The summed E-state index contributed by atoms with van der Waals surface area (Å²) in [5, 5.41) is 0.176. The van der Waals surface area contributed by atoms with Gasteiger partial charge in [-0.15, -0.1) is 0 Å². The predicted octanol–water partition coefficient (Wildman–Crippen LogP) is 1.64. The Labute approximate surface area is 125 Å². The zero-order valence-electron chi connectivity index (χ0n) is 11.7. The molecule has 0 bridgehead atoms. The van der Waals surface area contributed by atoms with E-state index in [1.165, 1.54) is 16.4 Å². The van der Waals surface area contributed by atoms with Crippen LogP contribution < -0.4 is 5.73 Å². The first-order chi connectivity index (χ1) is 9.36. The van der Waals surface area contributed by atoms with E-state index in [4.69, 9.17) is 17.3 Å². The summed E-state index contributed by atoms with van der Waals surface area (Å²) in [6.07, 6.45) is 0. The molecule has 1 aliphatic heterocycles. The molecule has 1 aromatic rings. The molecular formula is C13H20ClN3O2S. The smallest absolute Gasteiger partial charge is 0.244 e. The SMILES string of the molecule is CCN1CCN(S(=O)(=O)c2ccc(N)cc2Cl)CC1C. The molecule has 112 valence electrons. The molecule has 1 heterocycles. The van der Waals surface area contributed by atoms with E-state index in [1.807, 2.05) is 6.92 Å². The number of sulfonamides is 1. The summed E-state index contributed by atoms with van der Waals surface area (Å²) in [4.78, 5) is 2.39. The van der Waals surface area contributed by atoms with Gasteiger partial charge in [-0.2, -0.15) is 4.31 Å². The Kier molecular flexibility index (Phi) is 4.59. The van der Waals surface area contributed by atoms with Gasteiger partial charge in [-0.05, 0) is 31.7 Å². The molecule has 20 heavy (non-hydrogen) atoms. The van der Waals surface area contributed by atoms with Crippen molar-refractivity contribution in [2.24, 2.45) is 0 Å². The average molecular weight is 318 g/mol. The predicted molar refractivity (Wildman–Crippen MR) is 81.3 cm³/mol. The lowest BCUT2D eigenvalue weighted by Gasteiger charge is -2.38. The summed E-state index contributed by atoms with van der Waals surface area (Å²) in [5.74, 6) is 0. The summed E-state index contributed by atoms with van der Waals surface area (Å²) in [7, 11) is -3.55. The zero-order chi connectivity index (χ0) is 14.9. The minimum Gasteiger partial charge on any atom is -0.399 e. The molecule has 5 nitrogen and oxygen atoms in total. The Balaban J connectivity index is 2.27. The second kappa shape index (κ2) is 5.89. The monoisotopic (exact) mass is 317 g/mol. The summed E-state index contributed by atoms with van der Waals surface area (Å²) in [6.45, 7) is 6.76. The average Bonchev–Trinajstić information content (AvgIpc) is 2.38. The number of benzene rings is 1. The Morgan fingerprint density at radius 2 is 2.10 bits per heavy atom. The first-order valence-electron chi connectivity index (χ1n) is 6.65. The molecule has 1 unspecified atom stereocenters. The van der Waals surface area contributed by atoms with Crippen molar-refractivity contribution in [3.63, 3.8) is 0 Å². The van der Waals surface area contributed by atoms with Crippen molar-refractivity contribution in [2.75, 3.05) is 31.9 Å². The normalized spacial score (nSPS) is 22.1. The van der Waals surface area contributed by atoms with Gasteiger partial charge in [0.2, 0.25) is 10.0 Å². The molecule has 0 saturated carbocycles. The number of halogens is 1. The molecule has 1 fully saturated rings. The lowest BCUT2D eigenvalue weighted by atomic mass is 10.2. The molecule has 1 saturated heterocycles. The molecular weight excluding hydrogens is 298 g/mol. The maximum Gasteiger partial charge on any atom is 0.244 e. The van der Waals surface area contributed by atoms with Crippen molar-refractivity contribution in [2.45, 2.75) is 24.8 Å². The number of nitrogens with two attached hydrogens (primary N) is 1. The number of piperazine rings is 1. The fourth-order valence-electron chi connectivity index (χ4n) is 2.52. The van der Waals surface area contributed by atoms with Gasteiger partial charge in [0.25, 0.3) is 0 Å². The van der Waals surface area contributed by atoms with Crippen LogP contribution in [0.15, 0.2) is 23.1 Å². The largest absolute Gasteiger partial charge is 0.399 e. The van der Waals surface area contributed by atoms with Crippen molar-refractivity contribution >= 4 is 27.3 Å². The molecule has 0 amide bonds. The van der Waals surface area contributed by atoms with E-state index in [0.717, 1.165) is 13.1 Å². The number of nitrogens with zero attached hydrogens (tertiary/aromatic N) is 2. The second-order valence-corrected chi connectivity index (χ2v) is 7.34. The third-order valence-electron chi connectivity index (χ3n) is 3.71. The number of rotatable bonds is 3. The van der Waals surface area contributed by atoms with Crippen molar-refractivity contribution in [1.29, 1.82) is 0 Å². The van der Waals surface area contributed by atoms with E-state index in [-0.39, 0.29) is 16.0 Å². The fraction of sp³-hybridized carbons (Fsp3) is 0.538. The lowest BCUT2D eigenvalue weighted by Crippen LogP contribution is -2.53. The third-order valence-corrected chi connectivity index (χ3v) is 6.06. The van der Waals surface area contributed by atoms with Gasteiger partial charge in [0.1, 0.15) is 4.90 Å². The maximum atomic E-state index is 12.6. The molecule has 1 aliphatic rings. The second-order valence-electron chi connectivity index (χ2n) is 5.03. The van der Waals surface area contributed by atoms with E-state index < -0.39 is 10.0 Å². The zero-order valence-corrected chi connectivity index (χ0v) is 13.3. The van der Waals surface area contributed by atoms with Crippen LogP contribution in [-0.2, 0) is 10.0 Å². The van der Waals surface area contributed by atoms with Crippen molar-refractivity contribution < 1.29 is 8.42 Å². The lowest BCUT2D eigenvalue weighted by molar-refractivity contribution is 0.135. The molecule has 0 radical (unpaired) electrons. The first kappa shape index (κ1) is 15.6. The quantitative estimate of drug-likeness (QED) is 0.861. The van der Waals surface area contributed by atoms with Crippen LogP contribution in [0.1, 0.15) is 13.8 Å². The van der Waals surface area contributed by atoms with Gasteiger partial charge < -0.3 is 5.73 Å². The fourth-order valence-corrected chi connectivity index (χ4v) is 4.55. The number of nitrogen functional groups attached to an aromatic ring is 1. The van der Waals surface area contributed by atoms with Crippen LogP contribution in [0.5, 0.6) is 0 Å². The summed E-state index contributed by atoms with van der Waals surface area (Å²) >= 11 is 6.03. The van der Waals surface area contributed by atoms with E-state index in [0.29, 0.717) is 18.8 Å². The molecule has 0 aliphatic carbocycles. The molecule has 0 spiro atoms. The van der Waals surface area contributed by atoms with E-state index >= 15 is 0 Å². The highest BCUT2D eigenvalue weighted by Gasteiger charge is 2.32. The minimum absolute atomic E-state index is 0.130. The van der Waals surface area contributed by atoms with E-state index in [1.54, 1.807) is 6.07 Å². The molecule has 7 heteroatoms. The van der Waals surface area contributed by atoms with Gasteiger partial charge >= 0.3 is 0 Å². The van der Waals surface area contributed by atoms with Gasteiger partial charge in [-0.25, -0.2) is 8.42 Å². The Bertz CT molecular complexity index is 591. The van der Waals surface area contributed by atoms with Gasteiger partial charge in [0, 0.05) is 31.4 Å². The van der Waals surface area contributed by atoms with Gasteiger partial charge in [-0.3, -0.25) is 4.90 Å². The van der Waals surface area contributed by atoms with Gasteiger partial charge in [-0.1, -0.05) is 18.5 Å². The van der Waals surface area contributed by atoms with Gasteiger partial charge in [0.15, 0.2) is 0 Å². The van der Waals surface area contributed by atoms with Crippen molar-refractivity contribution in [3.05, 3.63) is 23.2 Å². The molecule has 0 aromatic heterocycles. The Morgan fingerprint density at radius 3 is 2.65 bits per heavy atom. The standard InChI is InChI=1S/C13H20ClN3O2S/c1-3-16-6-7-17(9-10(16)2)20(18,19)13-5-4-11(15)8-12(13)14/h4-5,8,10H,3,6-7,9,15H2,1-2H3. The van der Waals surface area contributed by atoms with Crippen LogP contribution in [0.2, 0.25) is 5.02 Å². The van der Waals surface area contributed by atoms with Crippen molar-refractivity contribution in [1.82, 2.24) is 9.21 Å². The summed E-state index contributed by atoms with van der Waals surface area (Å²) < 4.78 is 26.8. The van der Waals surface area contributed by atoms with Crippen LogP contribution >= 0.6 is 11.6 Å². The Morgan fingerprint density at radius 1 is 1.40 bits per heavy atom. The van der Waals surface area contributed by atoms with Crippen LogP contribution in [0.3, 0.4) is 0 Å². The van der Waals surface area contributed by atoms with Crippen LogP contribution in [0.25, 0.3) is 0 Å². The van der Waals surface area contributed by atoms with Crippen LogP contribution in [0, 0.1) is 0 Å². The molecule has 1 atom stereocenters. The molecule has 2 N–H and O–H groups in total. The number of hydrogen-bond donors (Lipinski definition) is 1. The minimum atomic E-state index is -3.55. The molecule has 2 rings (SSSR count). The van der Waals surface area contributed by atoms with Gasteiger partial charge in [0.05, 0.1) is 5.02 Å². The highest BCUT2D eigenvalue weighted by atomic mass is 35.5. The van der Waals surface area contributed by atoms with Crippen LogP contribution in [-0.4, -0.2) is 49.8 Å². The number of hydrogen-bond acceptors (Lipinski definition) is 4. The maximum absolute atomic E-state index is 12.6. The Hall–Kier alpha value is -0.820. The molecule has 1 aromatic carbocycles. The third kappa shape index (κ3) is 2.93. The van der Waals surface area contributed by atoms with Crippen LogP contribution in [0.4, 0.5) is 5.69 Å². The van der Waals surface area contributed by atoms with E-state index in [9.17, 15) is 8.42 Å². The number of anilines is 1. The van der Waals surface area contributed by atoms with E-state index in [2.05, 4.69) is 11.8 Å². The highest BCUT2D eigenvalue weighted by Crippen LogP contribution is 2.27. The topological polar surface area (TPSA) is 66.6 Å². The highest BCUT2D eigenvalue weighted by molar-refractivity contribution is 7.89. The first-order valence-corrected chi connectivity index (χ1v) is 8.47. The van der Waals surface area contributed by atoms with Crippen molar-refractivity contribution in [3.8, 4) is 0 Å².